The Balaban J connectivity index is 1.54. The standard InChI is InChI=1S/C21H19F2NO3S/c22-19-10-11-20(23)21(12-19)28(25,26)24-13-16-6-8-18(9-7-16)15-27-14-17-4-2-1-3-5-17/h1-12,24H,13-15H2. The summed E-state index contributed by atoms with van der Waals surface area (Å²) in [5.41, 5.74) is 2.71. The van der Waals surface area contributed by atoms with Gasteiger partial charge in [0, 0.05) is 6.54 Å². The molecule has 0 aliphatic heterocycles. The molecule has 4 nitrogen and oxygen atoms in total. The third-order valence-electron chi connectivity index (χ3n) is 4.05. The summed E-state index contributed by atoms with van der Waals surface area (Å²) in [4.78, 5) is -0.710. The maximum atomic E-state index is 13.7. The molecular weight excluding hydrogens is 384 g/mol. The second-order valence-electron chi connectivity index (χ2n) is 6.19. The molecule has 0 aromatic heterocycles. The highest BCUT2D eigenvalue weighted by molar-refractivity contribution is 7.89. The molecule has 1 N–H and O–H groups in total. The maximum Gasteiger partial charge on any atom is 0.243 e. The summed E-state index contributed by atoms with van der Waals surface area (Å²) in [6.45, 7) is 0.889. The van der Waals surface area contributed by atoms with E-state index in [9.17, 15) is 17.2 Å². The van der Waals surface area contributed by atoms with Crippen molar-refractivity contribution < 1.29 is 21.9 Å². The van der Waals surface area contributed by atoms with Crippen LogP contribution in [0.1, 0.15) is 16.7 Å². The van der Waals surface area contributed by atoms with Crippen LogP contribution in [0, 0.1) is 11.6 Å². The molecule has 0 fully saturated rings. The number of sulfonamides is 1. The minimum Gasteiger partial charge on any atom is -0.372 e. The highest BCUT2D eigenvalue weighted by atomic mass is 32.2. The predicted octanol–water partition coefficient (Wildman–Crippen LogP) is 4.16. The fourth-order valence-corrected chi connectivity index (χ4v) is 3.66. The van der Waals surface area contributed by atoms with Crippen molar-refractivity contribution in [1.82, 2.24) is 4.72 Å². The Bertz CT molecular complexity index is 1020. The molecule has 0 aliphatic carbocycles. The molecule has 7 heteroatoms. The normalized spacial score (nSPS) is 11.5. The fourth-order valence-electron chi connectivity index (χ4n) is 2.55. The topological polar surface area (TPSA) is 55.4 Å². The number of halogens is 2. The minimum atomic E-state index is -4.16. The molecule has 146 valence electrons. The van der Waals surface area contributed by atoms with Gasteiger partial charge in [-0.05, 0) is 34.9 Å². The van der Waals surface area contributed by atoms with Gasteiger partial charge in [-0.1, -0.05) is 54.6 Å². The molecule has 0 aliphatic rings. The van der Waals surface area contributed by atoms with Crippen molar-refractivity contribution >= 4 is 10.0 Å². The SMILES string of the molecule is O=S(=O)(NCc1ccc(COCc2ccccc2)cc1)c1cc(F)ccc1F. The third-order valence-corrected chi connectivity index (χ3v) is 5.47. The van der Waals surface area contributed by atoms with Crippen LogP contribution in [-0.4, -0.2) is 8.42 Å². The molecule has 0 radical (unpaired) electrons. The first kappa shape index (κ1) is 20.1. The largest absolute Gasteiger partial charge is 0.372 e. The Hall–Kier alpha value is -2.61. The van der Waals surface area contributed by atoms with Crippen LogP contribution in [0.25, 0.3) is 0 Å². The zero-order valence-electron chi connectivity index (χ0n) is 14.9. The molecule has 0 atom stereocenters. The molecular formula is C21H19F2NO3S. The smallest absolute Gasteiger partial charge is 0.243 e. The van der Waals surface area contributed by atoms with Gasteiger partial charge in [0.1, 0.15) is 16.5 Å². The van der Waals surface area contributed by atoms with E-state index in [2.05, 4.69) is 4.72 Å². The van der Waals surface area contributed by atoms with Crippen molar-refractivity contribution in [3.8, 4) is 0 Å². The molecule has 3 rings (SSSR count). The Morgan fingerprint density at radius 2 is 1.39 bits per heavy atom. The summed E-state index contributed by atoms with van der Waals surface area (Å²) in [6, 6.07) is 19.3. The maximum absolute atomic E-state index is 13.7. The number of hydrogen-bond acceptors (Lipinski definition) is 3. The van der Waals surface area contributed by atoms with Gasteiger partial charge < -0.3 is 4.74 Å². The van der Waals surface area contributed by atoms with E-state index in [0.717, 1.165) is 23.3 Å². The van der Waals surface area contributed by atoms with E-state index < -0.39 is 26.6 Å². The van der Waals surface area contributed by atoms with Crippen molar-refractivity contribution in [2.75, 3.05) is 0 Å². The predicted molar refractivity (Wildman–Crippen MR) is 102 cm³/mol. The van der Waals surface area contributed by atoms with Gasteiger partial charge in [0.15, 0.2) is 0 Å². The molecule has 0 unspecified atom stereocenters. The number of ether oxygens (including phenoxy) is 1. The molecule has 28 heavy (non-hydrogen) atoms. The van der Waals surface area contributed by atoms with Crippen LogP contribution in [0.5, 0.6) is 0 Å². The summed E-state index contributed by atoms with van der Waals surface area (Å²) >= 11 is 0. The van der Waals surface area contributed by atoms with Gasteiger partial charge in [0.25, 0.3) is 0 Å². The lowest BCUT2D eigenvalue weighted by Crippen LogP contribution is -2.24. The first-order valence-corrected chi connectivity index (χ1v) is 10.1. The van der Waals surface area contributed by atoms with E-state index in [1.165, 1.54) is 0 Å². The van der Waals surface area contributed by atoms with E-state index in [4.69, 9.17) is 4.74 Å². The highest BCUT2D eigenvalue weighted by Crippen LogP contribution is 2.16. The lowest BCUT2D eigenvalue weighted by atomic mass is 10.1. The summed E-state index contributed by atoms with van der Waals surface area (Å²) in [6.07, 6.45) is 0. The lowest BCUT2D eigenvalue weighted by molar-refractivity contribution is 0.107. The van der Waals surface area contributed by atoms with E-state index >= 15 is 0 Å². The van der Waals surface area contributed by atoms with E-state index in [-0.39, 0.29) is 6.54 Å². The molecule has 0 saturated heterocycles. The average molecular weight is 403 g/mol. The Morgan fingerprint density at radius 1 is 0.786 bits per heavy atom. The second kappa shape index (κ2) is 9.05. The summed E-state index contributed by atoms with van der Waals surface area (Å²) in [5.74, 6) is -1.82. The van der Waals surface area contributed by atoms with Crippen LogP contribution in [0.15, 0.2) is 77.7 Å². The van der Waals surface area contributed by atoms with E-state index in [1.807, 2.05) is 42.5 Å². The van der Waals surface area contributed by atoms with Gasteiger partial charge in [-0.15, -0.1) is 0 Å². The van der Waals surface area contributed by atoms with Crippen LogP contribution in [-0.2, 0) is 34.5 Å². The van der Waals surface area contributed by atoms with Gasteiger partial charge in [0.2, 0.25) is 10.0 Å². The van der Waals surface area contributed by atoms with Crippen LogP contribution < -0.4 is 4.72 Å². The Kier molecular flexibility index (Phi) is 6.51. The summed E-state index contributed by atoms with van der Waals surface area (Å²) in [5, 5.41) is 0. The van der Waals surface area contributed by atoms with Crippen molar-refractivity contribution in [2.45, 2.75) is 24.7 Å². The van der Waals surface area contributed by atoms with Crippen LogP contribution in [0.4, 0.5) is 8.78 Å². The summed E-state index contributed by atoms with van der Waals surface area (Å²) < 4.78 is 59.2. The molecule has 3 aromatic rings. The van der Waals surface area contributed by atoms with E-state index in [1.54, 1.807) is 12.1 Å². The third kappa shape index (κ3) is 5.45. The van der Waals surface area contributed by atoms with E-state index in [0.29, 0.717) is 24.8 Å². The second-order valence-corrected chi connectivity index (χ2v) is 7.93. The first-order chi connectivity index (χ1) is 13.4. The molecule has 0 amide bonds. The number of nitrogens with one attached hydrogen (secondary N) is 1. The van der Waals surface area contributed by atoms with Crippen molar-refractivity contribution in [1.29, 1.82) is 0 Å². The van der Waals surface area contributed by atoms with Crippen LogP contribution in [0.2, 0.25) is 0 Å². The lowest BCUT2D eigenvalue weighted by Gasteiger charge is -2.09. The average Bonchev–Trinajstić information content (AvgIpc) is 2.70. The van der Waals surface area contributed by atoms with Gasteiger partial charge in [-0.2, -0.15) is 0 Å². The highest BCUT2D eigenvalue weighted by Gasteiger charge is 2.19. The van der Waals surface area contributed by atoms with Crippen LogP contribution in [0.3, 0.4) is 0 Å². The van der Waals surface area contributed by atoms with Gasteiger partial charge in [0.05, 0.1) is 13.2 Å². The monoisotopic (exact) mass is 403 g/mol. The fraction of sp³-hybridized carbons (Fsp3) is 0.143. The molecule has 3 aromatic carbocycles. The summed E-state index contributed by atoms with van der Waals surface area (Å²) in [7, 11) is -4.16. The minimum absolute atomic E-state index is 0.0383. The Labute approximate surface area is 162 Å². The Morgan fingerprint density at radius 3 is 2.07 bits per heavy atom. The zero-order valence-corrected chi connectivity index (χ0v) is 15.8. The van der Waals surface area contributed by atoms with Crippen LogP contribution >= 0.6 is 0 Å². The zero-order chi connectivity index (χ0) is 20.0. The first-order valence-electron chi connectivity index (χ1n) is 8.58. The molecule has 0 spiro atoms. The molecule has 0 saturated carbocycles. The van der Waals surface area contributed by atoms with Gasteiger partial charge >= 0.3 is 0 Å². The quantitative estimate of drug-likeness (QED) is 0.615. The van der Waals surface area contributed by atoms with Crippen molar-refractivity contribution in [3.05, 3.63) is 101 Å². The number of hydrogen-bond donors (Lipinski definition) is 1. The number of benzene rings is 3. The van der Waals surface area contributed by atoms with Crippen molar-refractivity contribution in [2.24, 2.45) is 0 Å². The van der Waals surface area contributed by atoms with Gasteiger partial charge in [-0.25, -0.2) is 21.9 Å². The van der Waals surface area contributed by atoms with Gasteiger partial charge in [-0.3, -0.25) is 0 Å². The number of rotatable bonds is 8. The molecule has 0 bridgehead atoms. The molecule has 0 heterocycles. The van der Waals surface area contributed by atoms with Crippen molar-refractivity contribution in [3.63, 3.8) is 0 Å².